The molecular weight excluding hydrogens is 683 g/mol. The van der Waals surface area contributed by atoms with E-state index in [4.69, 9.17) is 30.5 Å². The number of ether oxygens (including phenoxy) is 4. The molecule has 250 valence electrons. The van der Waals surface area contributed by atoms with Gasteiger partial charge in [0.25, 0.3) is 10.0 Å². The number of nitriles is 1. The van der Waals surface area contributed by atoms with Gasteiger partial charge < -0.3 is 18.9 Å². The van der Waals surface area contributed by atoms with E-state index in [0.717, 1.165) is 21.9 Å². The van der Waals surface area contributed by atoms with Crippen LogP contribution in [0.2, 0.25) is 5.02 Å². The van der Waals surface area contributed by atoms with Gasteiger partial charge in [0, 0.05) is 46.6 Å². The molecule has 0 amide bonds. The van der Waals surface area contributed by atoms with E-state index in [0.29, 0.717) is 28.2 Å². The summed E-state index contributed by atoms with van der Waals surface area (Å²) in [6.45, 7) is 5.75. The van der Waals surface area contributed by atoms with Gasteiger partial charge in [0.2, 0.25) is 5.13 Å². The number of anilines is 1. The molecule has 0 aliphatic heterocycles. The fraction of sp³-hybridized carbons (Fsp3) is 0.250. The molecule has 2 aromatic heterocycles. The topological polar surface area (TPSA) is 142 Å². The Morgan fingerprint density at radius 2 is 1.85 bits per heavy atom. The summed E-state index contributed by atoms with van der Waals surface area (Å²) in [4.78, 5) is 3.92. The highest BCUT2D eigenvalue weighted by atomic mass is 35.5. The summed E-state index contributed by atoms with van der Waals surface area (Å²) in [5.41, 5.74) is 0.946. The maximum Gasteiger partial charge on any atom is 0.266 e. The lowest BCUT2D eigenvalue weighted by Gasteiger charge is -2.23. The van der Waals surface area contributed by atoms with Crippen molar-refractivity contribution in [3.63, 3.8) is 0 Å². The predicted molar refractivity (Wildman–Crippen MR) is 178 cm³/mol. The molecule has 0 saturated carbocycles. The van der Waals surface area contributed by atoms with Crippen molar-refractivity contribution in [3.8, 4) is 40.2 Å². The molecule has 0 atom stereocenters. The number of sulfonamides is 1. The van der Waals surface area contributed by atoms with Crippen molar-refractivity contribution in [2.24, 2.45) is 0 Å². The summed E-state index contributed by atoms with van der Waals surface area (Å²) in [7, 11) is -1.34. The first-order chi connectivity index (χ1) is 22.8. The van der Waals surface area contributed by atoms with E-state index >= 15 is 0 Å². The zero-order valence-corrected chi connectivity index (χ0v) is 28.9. The highest BCUT2D eigenvalue weighted by molar-refractivity contribution is 7.93. The molecule has 3 aromatic carbocycles. The maximum absolute atomic E-state index is 14.7. The van der Waals surface area contributed by atoms with Crippen molar-refractivity contribution >= 4 is 38.3 Å². The van der Waals surface area contributed by atoms with Gasteiger partial charge in [-0.25, -0.2) is 26.8 Å². The van der Waals surface area contributed by atoms with E-state index in [-0.39, 0.29) is 45.4 Å². The van der Waals surface area contributed by atoms with Gasteiger partial charge in [-0.05, 0) is 57.2 Å². The fourth-order valence-corrected chi connectivity index (χ4v) is 6.75. The number of hydrogen-bond acceptors (Lipinski definition) is 11. The van der Waals surface area contributed by atoms with Crippen molar-refractivity contribution in [3.05, 3.63) is 89.2 Å². The number of aromatic nitrogens is 4. The Morgan fingerprint density at radius 1 is 1.06 bits per heavy atom. The first kappa shape index (κ1) is 34.6. The average molecular weight is 713 g/mol. The molecule has 0 spiro atoms. The van der Waals surface area contributed by atoms with Crippen LogP contribution in [0.1, 0.15) is 31.9 Å². The van der Waals surface area contributed by atoms with E-state index in [9.17, 15) is 18.1 Å². The lowest BCUT2D eigenvalue weighted by molar-refractivity contribution is -0.0479. The standard InChI is InChI=1S/C32H30ClFN6O6S2/c1-32(2,3)45-19-39-16-22(15-37-39)25-12-26(33)27(34)13-30(25)46-28-9-8-24(10-21(28)14-35)48(41,42)40(31-36-18-38-47-31)17-20-6-7-23(43-4)11-29(20)44-5/h6-13,15-16,18H,17,19H2,1-5H3. The summed E-state index contributed by atoms with van der Waals surface area (Å²) in [5.74, 6) is 0.198. The van der Waals surface area contributed by atoms with Gasteiger partial charge >= 0.3 is 0 Å². The van der Waals surface area contributed by atoms with E-state index in [1.807, 2.05) is 26.8 Å². The van der Waals surface area contributed by atoms with Crippen molar-refractivity contribution in [2.45, 2.75) is 44.5 Å². The van der Waals surface area contributed by atoms with Crippen LogP contribution in [0.15, 0.2) is 72.1 Å². The van der Waals surface area contributed by atoms with E-state index in [2.05, 4.69) is 14.5 Å². The summed E-state index contributed by atoms with van der Waals surface area (Å²) < 4.78 is 72.1. The Morgan fingerprint density at radius 3 is 2.52 bits per heavy atom. The second-order valence-electron chi connectivity index (χ2n) is 11.2. The lowest BCUT2D eigenvalue weighted by atomic mass is 10.1. The number of halogens is 2. The van der Waals surface area contributed by atoms with Crippen LogP contribution in [0.5, 0.6) is 23.0 Å². The van der Waals surface area contributed by atoms with Crippen LogP contribution in [-0.2, 0) is 28.0 Å². The highest BCUT2D eigenvalue weighted by Gasteiger charge is 2.30. The first-order valence-corrected chi connectivity index (χ1v) is 16.8. The third kappa shape index (κ3) is 7.69. The molecule has 5 rings (SSSR count). The van der Waals surface area contributed by atoms with Crippen LogP contribution in [-0.4, -0.2) is 47.4 Å². The minimum absolute atomic E-state index is 0.0119. The monoisotopic (exact) mass is 712 g/mol. The normalized spacial score (nSPS) is 11.6. The van der Waals surface area contributed by atoms with Crippen molar-refractivity contribution in [1.29, 1.82) is 5.26 Å². The predicted octanol–water partition coefficient (Wildman–Crippen LogP) is 7.04. The summed E-state index contributed by atoms with van der Waals surface area (Å²) in [5, 5.41) is 14.3. The number of hydrogen-bond donors (Lipinski definition) is 0. The molecule has 2 heterocycles. The molecule has 5 aromatic rings. The SMILES string of the molecule is COc1ccc(CN(c2ncns2)S(=O)(=O)c2ccc(Oc3cc(F)c(Cl)cc3-c3cnn(COC(C)(C)C)c3)c(C#N)c2)c(OC)c1. The zero-order valence-electron chi connectivity index (χ0n) is 26.5. The van der Waals surface area contributed by atoms with Crippen molar-refractivity contribution < 1.29 is 31.8 Å². The number of methoxy groups -OCH3 is 2. The smallest absolute Gasteiger partial charge is 0.266 e. The number of nitrogens with zero attached hydrogens (tertiary/aromatic N) is 6. The molecule has 12 nitrogen and oxygen atoms in total. The summed E-state index contributed by atoms with van der Waals surface area (Å²) in [6.07, 6.45) is 4.47. The third-order valence-electron chi connectivity index (χ3n) is 6.85. The van der Waals surface area contributed by atoms with E-state index in [1.54, 1.807) is 35.3 Å². The van der Waals surface area contributed by atoms with Crippen LogP contribution in [0.4, 0.5) is 9.52 Å². The Kier molecular flexibility index (Phi) is 10.2. The Bertz CT molecular complexity index is 2080. The fourth-order valence-electron chi connectivity index (χ4n) is 4.43. The number of rotatable bonds is 12. The van der Waals surface area contributed by atoms with Gasteiger partial charge in [-0.3, -0.25) is 0 Å². The molecule has 48 heavy (non-hydrogen) atoms. The molecule has 0 unspecified atom stereocenters. The molecule has 0 aliphatic carbocycles. The molecule has 0 N–H and O–H groups in total. The van der Waals surface area contributed by atoms with Crippen LogP contribution in [0.3, 0.4) is 0 Å². The van der Waals surface area contributed by atoms with Gasteiger partial charge in [0.1, 0.15) is 47.9 Å². The highest BCUT2D eigenvalue weighted by Crippen LogP contribution is 2.39. The van der Waals surface area contributed by atoms with Gasteiger partial charge in [-0.15, -0.1) is 0 Å². The van der Waals surface area contributed by atoms with Gasteiger partial charge in [-0.2, -0.15) is 14.7 Å². The molecule has 0 saturated heterocycles. The van der Waals surface area contributed by atoms with Gasteiger partial charge in [-0.1, -0.05) is 11.6 Å². The second-order valence-corrected chi connectivity index (χ2v) is 14.2. The molecule has 0 aliphatic rings. The van der Waals surface area contributed by atoms with Crippen molar-refractivity contribution in [2.75, 3.05) is 18.5 Å². The van der Waals surface area contributed by atoms with Gasteiger partial charge in [0.05, 0.1) is 48.0 Å². The average Bonchev–Trinajstić information content (AvgIpc) is 3.77. The molecular formula is C32H30ClFN6O6S2. The molecule has 16 heteroatoms. The molecule has 0 radical (unpaired) electrons. The van der Waals surface area contributed by atoms with Gasteiger partial charge in [0.15, 0.2) is 0 Å². The van der Waals surface area contributed by atoms with Crippen LogP contribution < -0.4 is 18.5 Å². The quantitative estimate of drug-likeness (QED) is 0.132. The third-order valence-corrected chi connectivity index (χ3v) is 9.67. The van der Waals surface area contributed by atoms with E-state index < -0.39 is 21.4 Å². The van der Waals surface area contributed by atoms with Crippen molar-refractivity contribution in [1.82, 2.24) is 19.1 Å². The van der Waals surface area contributed by atoms with Crippen LogP contribution in [0, 0.1) is 17.1 Å². The van der Waals surface area contributed by atoms with Crippen LogP contribution in [0.25, 0.3) is 11.1 Å². The van der Waals surface area contributed by atoms with E-state index in [1.165, 1.54) is 44.8 Å². The summed E-state index contributed by atoms with van der Waals surface area (Å²) >= 11 is 7.02. The van der Waals surface area contributed by atoms with Crippen LogP contribution >= 0.6 is 23.1 Å². The largest absolute Gasteiger partial charge is 0.497 e. The minimum atomic E-state index is -4.31. The maximum atomic E-state index is 14.7. The Hall–Kier alpha value is -4.75. The minimum Gasteiger partial charge on any atom is -0.497 e. The Balaban J connectivity index is 1.49. The second kappa shape index (κ2) is 14.2. The lowest BCUT2D eigenvalue weighted by Crippen LogP contribution is -2.30. The number of benzene rings is 3. The summed E-state index contributed by atoms with van der Waals surface area (Å²) in [6, 6.07) is 13.3. The first-order valence-electron chi connectivity index (χ1n) is 14.2. The zero-order chi connectivity index (χ0) is 34.6. The molecule has 0 fully saturated rings. The Labute approximate surface area is 286 Å². The molecule has 0 bridgehead atoms.